The first kappa shape index (κ1) is 15.0. The van der Waals surface area contributed by atoms with Crippen LogP contribution in [-0.4, -0.2) is 34.9 Å². The zero-order valence-electron chi connectivity index (χ0n) is 13.2. The number of carbonyl (C=O) groups excluding carboxylic acids is 1. The molecule has 3 rings (SSSR count). The van der Waals surface area contributed by atoms with E-state index in [-0.39, 0.29) is 17.4 Å². The Balaban J connectivity index is 1.79. The van der Waals surface area contributed by atoms with E-state index in [0.717, 1.165) is 36.0 Å². The van der Waals surface area contributed by atoms with E-state index < -0.39 is 0 Å². The van der Waals surface area contributed by atoms with E-state index in [1.165, 1.54) is 0 Å². The SMILES string of the molecule is CC1(C)CN(C(=O)Cc2cccc3cccnc23)CCC1N. The largest absolute Gasteiger partial charge is 0.342 e. The molecule has 1 aromatic heterocycles. The van der Waals surface area contributed by atoms with Crippen molar-refractivity contribution in [1.82, 2.24) is 9.88 Å². The van der Waals surface area contributed by atoms with Crippen LogP contribution in [0.4, 0.5) is 0 Å². The van der Waals surface area contributed by atoms with Crippen molar-refractivity contribution < 1.29 is 4.79 Å². The van der Waals surface area contributed by atoms with Gasteiger partial charge in [-0.3, -0.25) is 9.78 Å². The summed E-state index contributed by atoms with van der Waals surface area (Å²) in [5.41, 5.74) is 8.05. The third-order valence-electron chi connectivity index (χ3n) is 4.72. The number of carbonyl (C=O) groups is 1. The maximum absolute atomic E-state index is 12.7. The first-order chi connectivity index (χ1) is 10.5. The van der Waals surface area contributed by atoms with Crippen LogP contribution >= 0.6 is 0 Å². The highest BCUT2D eigenvalue weighted by molar-refractivity contribution is 5.87. The Kier molecular flexibility index (Phi) is 3.87. The quantitative estimate of drug-likeness (QED) is 0.925. The van der Waals surface area contributed by atoms with Crippen LogP contribution in [0, 0.1) is 5.41 Å². The Morgan fingerprint density at radius 1 is 1.36 bits per heavy atom. The standard InChI is InChI=1S/C18H23N3O/c1-18(2)12-21(10-8-15(18)19)16(22)11-14-6-3-5-13-7-4-9-20-17(13)14/h3-7,9,15H,8,10-12,19H2,1-2H3. The van der Waals surface area contributed by atoms with Gasteiger partial charge in [0.25, 0.3) is 0 Å². The summed E-state index contributed by atoms with van der Waals surface area (Å²) >= 11 is 0. The fourth-order valence-electron chi connectivity index (χ4n) is 3.17. The van der Waals surface area contributed by atoms with Crippen molar-refractivity contribution in [2.45, 2.75) is 32.7 Å². The fourth-order valence-corrected chi connectivity index (χ4v) is 3.17. The summed E-state index contributed by atoms with van der Waals surface area (Å²) in [6.45, 7) is 5.75. The number of fused-ring (bicyclic) bond motifs is 1. The van der Waals surface area contributed by atoms with E-state index >= 15 is 0 Å². The van der Waals surface area contributed by atoms with E-state index in [4.69, 9.17) is 5.73 Å². The molecule has 1 amide bonds. The maximum atomic E-state index is 12.7. The van der Waals surface area contributed by atoms with Gasteiger partial charge in [0.1, 0.15) is 0 Å². The Morgan fingerprint density at radius 2 is 2.14 bits per heavy atom. The number of nitrogens with zero attached hydrogens (tertiary/aromatic N) is 2. The topological polar surface area (TPSA) is 59.2 Å². The number of piperidine rings is 1. The molecular formula is C18H23N3O. The molecule has 4 nitrogen and oxygen atoms in total. The van der Waals surface area contributed by atoms with Gasteiger partial charge < -0.3 is 10.6 Å². The Labute approximate surface area is 131 Å². The Bertz CT molecular complexity index is 690. The van der Waals surface area contributed by atoms with E-state index in [1.54, 1.807) is 6.20 Å². The van der Waals surface area contributed by atoms with Crippen LogP contribution in [0.3, 0.4) is 0 Å². The Morgan fingerprint density at radius 3 is 2.91 bits per heavy atom. The summed E-state index contributed by atoms with van der Waals surface area (Å²) < 4.78 is 0. The minimum atomic E-state index is -0.0229. The molecule has 1 aliphatic rings. The molecule has 116 valence electrons. The van der Waals surface area contributed by atoms with Crippen LogP contribution in [0.25, 0.3) is 10.9 Å². The minimum absolute atomic E-state index is 0.0229. The zero-order valence-corrected chi connectivity index (χ0v) is 13.2. The van der Waals surface area contributed by atoms with Crippen molar-refractivity contribution in [2.24, 2.45) is 11.1 Å². The van der Waals surface area contributed by atoms with Crippen molar-refractivity contribution in [2.75, 3.05) is 13.1 Å². The molecule has 2 aromatic rings. The molecule has 0 spiro atoms. The number of likely N-dealkylation sites (tertiary alicyclic amines) is 1. The first-order valence-corrected chi connectivity index (χ1v) is 7.83. The third kappa shape index (κ3) is 2.83. The molecule has 1 saturated heterocycles. The molecule has 2 N–H and O–H groups in total. The average molecular weight is 297 g/mol. The molecule has 1 aliphatic heterocycles. The van der Waals surface area contributed by atoms with Gasteiger partial charge >= 0.3 is 0 Å². The highest BCUT2D eigenvalue weighted by atomic mass is 16.2. The fraction of sp³-hybridized carbons (Fsp3) is 0.444. The van der Waals surface area contributed by atoms with Crippen LogP contribution in [0.15, 0.2) is 36.5 Å². The molecule has 1 unspecified atom stereocenters. The zero-order chi connectivity index (χ0) is 15.7. The normalized spacial score (nSPS) is 21.0. The van der Waals surface area contributed by atoms with E-state index in [0.29, 0.717) is 6.42 Å². The smallest absolute Gasteiger partial charge is 0.227 e. The van der Waals surface area contributed by atoms with Gasteiger partial charge in [-0.25, -0.2) is 0 Å². The molecule has 1 aromatic carbocycles. The predicted molar refractivity (Wildman–Crippen MR) is 88.4 cm³/mol. The summed E-state index contributed by atoms with van der Waals surface area (Å²) in [7, 11) is 0. The molecule has 0 aliphatic carbocycles. The number of nitrogens with two attached hydrogens (primary N) is 1. The van der Waals surface area contributed by atoms with Gasteiger partial charge in [0.05, 0.1) is 11.9 Å². The Hall–Kier alpha value is -1.94. The number of benzene rings is 1. The van der Waals surface area contributed by atoms with Gasteiger partial charge in [-0.1, -0.05) is 38.1 Å². The molecule has 22 heavy (non-hydrogen) atoms. The maximum Gasteiger partial charge on any atom is 0.227 e. The van der Waals surface area contributed by atoms with E-state index in [1.807, 2.05) is 35.2 Å². The molecule has 1 atom stereocenters. The van der Waals surface area contributed by atoms with Crippen LogP contribution in [0.1, 0.15) is 25.8 Å². The lowest BCUT2D eigenvalue weighted by molar-refractivity contribution is -0.133. The van der Waals surface area contributed by atoms with Gasteiger partial charge in [0.15, 0.2) is 0 Å². The third-order valence-corrected chi connectivity index (χ3v) is 4.72. The highest BCUT2D eigenvalue weighted by Crippen LogP contribution is 2.28. The molecule has 0 radical (unpaired) electrons. The van der Waals surface area contributed by atoms with Crippen LogP contribution < -0.4 is 5.73 Å². The lowest BCUT2D eigenvalue weighted by Gasteiger charge is -2.42. The van der Waals surface area contributed by atoms with Crippen molar-refractivity contribution >= 4 is 16.8 Å². The first-order valence-electron chi connectivity index (χ1n) is 7.83. The number of hydrogen-bond acceptors (Lipinski definition) is 3. The van der Waals surface area contributed by atoms with E-state index in [2.05, 4.69) is 18.8 Å². The van der Waals surface area contributed by atoms with Crippen LogP contribution in [-0.2, 0) is 11.2 Å². The number of hydrogen-bond donors (Lipinski definition) is 1. The van der Waals surface area contributed by atoms with Crippen molar-refractivity contribution in [3.8, 4) is 0 Å². The van der Waals surface area contributed by atoms with Gasteiger partial charge in [0, 0.05) is 30.7 Å². The van der Waals surface area contributed by atoms with E-state index in [9.17, 15) is 4.79 Å². The minimum Gasteiger partial charge on any atom is -0.342 e. The number of pyridine rings is 1. The van der Waals surface area contributed by atoms with Crippen molar-refractivity contribution in [3.63, 3.8) is 0 Å². The lowest BCUT2D eigenvalue weighted by atomic mass is 9.79. The van der Waals surface area contributed by atoms with Gasteiger partial charge in [-0.05, 0) is 23.5 Å². The van der Waals surface area contributed by atoms with Gasteiger partial charge in [-0.15, -0.1) is 0 Å². The van der Waals surface area contributed by atoms with Gasteiger partial charge in [0.2, 0.25) is 5.91 Å². The van der Waals surface area contributed by atoms with Crippen molar-refractivity contribution in [3.05, 3.63) is 42.1 Å². The average Bonchev–Trinajstić information content (AvgIpc) is 2.50. The molecule has 2 heterocycles. The van der Waals surface area contributed by atoms with Crippen molar-refractivity contribution in [1.29, 1.82) is 0 Å². The second-order valence-corrected chi connectivity index (χ2v) is 6.87. The molecular weight excluding hydrogens is 274 g/mol. The number of amides is 1. The molecule has 1 fully saturated rings. The number of aromatic nitrogens is 1. The lowest BCUT2D eigenvalue weighted by Crippen LogP contribution is -2.54. The van der Waals surface area contributed by atoms with Crippen LogP contribution in [0.2, 0.25) is 0 Å². The summed E-state index contributed by atoms with van der Waals surface area (Å²) in [5, 5.41) is 1.08. The number of para-hydroxylation sites is 1. The number of rotatable bonds is 2. The molecule has 0 bridgehead atoms. The summed E-state index contributed by atoms with van der Waals surface area (Å²) in [6.07, 6.45) is 3.05. The second-order valence-electron chi connectivity index (χ2n) is 6.87. The van der Waals surface area contributed by atoms with Gasteiger partial charge in [-0.2, -0.15) is 0 Å². The molecule has 0 saturated carbocycles. The summed E-state index contributed by atoms with van der Waals surface area (Å²) in [6, 6.07) is 10.1. The second kappa shape index (κ2) is 5.69. The molecule has 4 heteroatoms. The predicted octanol–water partition coefficient (Wildman–Crippen LogP) is 2.36. The summed E-state index contributed by atoms with van der Waals surface area (Å²) in [5.74, 6) is 0.165. The van der Waals surface area contributed by atoms with Crippen LogP contribution in [0.5, 0.6) is 0 Å². The summed E-state index contributed by atoms with van der Waals surface area (Å²) in [4.78, 5) is 19.0. The highest BCUT2D eigenvalue weighted by Gasteiger charge is 2.35. The monoisotopic (exact) mass is 297 g/mol.